The van der Waals surface area contributed by atoms with Crippen LogP contribution in [0, 0.1) is 6.92 Å². The first kappa shape index (κ1) is 23.2. The van der Waals surface area contributed by atoms with Gasteiger partial charge in [-0.25, -0.2) is 9.78 Å². The largest absolute Gasteiger partial charge is 0.325 e. The summed E-state index contributed by atoms with van der Waals surface area (Å²) in [6, 6.07) is 20.7. The molecule has 0 saturated carbocycles. The Bertz CT molecular complexity index is 1310. The van der Waals surface area contributed by atoms with Crippen molar-refractivity contribution in [2.24, 2.45) is 0 Å². The van der Waals surface area contributed by atoms with Crippen LogP contribution in [0.15, 0.2) is 76.0 Å². The highest BCUT2D eigenvalue weighted by Gasteiger charge is 2.10. The molecule has 3 N–H and O–H groups in total. The maximum absolute atomic E-state index is 12.4. The highest BCUT2D eigenvalue weighted by Crippen LogP contribution is 2.31. The number of thiazole rings is 1. The molecule has 168 valence electrons. The number of aryl methyl sites for hydroxylation is 1. The molecule has 1 heterocycles. The number of hydrogen-bond donors (Lipinski definition) is 3. The smallest absolute Gasteiger partial charge is 0.323 e. The number of amides is 3. The van der Waals surface area contributed by atoms with E-state index < -0.39 is 0 Å². The molecule has 0 aliphatic heterocycles. The van der Waals surface area contributed by atoms with E-state index in [0.717, 1.165) is 36.4 Å². The first-order valence-corrected chi connectivity index (χ1v) is 13.1. The van der Waals surface area contributed by atoms with Gasteiger partial charge in [-0.2, -0.15) is 0 Å². The highest BCUT2D eigenvalue weighted by molar-refractivity contribution is 8.01. The lowest BCUT2D eigenvalue weighted by Gasteiger charge is -2.08. The predicted molar refractivity (Wildman–Crippen MR) is 141 cm³/mol. The number of anilines is 3. The van der Waals surface area contributed by atoms with Crippen molar-refractivity contribution in [2.45, 2.75) is 16.2 Å². The molecule has 0 atom stereocenters. The first-order chi connectivity index (χ1) is 16.0. The standard InChI is InChI=1S/C24H22N4O2S3/c1-15-5-3-6-16(11-15)25-22(29)14-32-24-28-20-10-9-18(13-21(20)33-24)27-23(30)26-17-7-4-8-19(12-17)31-2/h3-13H,14H2,1-2H3,(H,25,29)(H2,26,27,30). The summed E-state index contributed by atoms with van der Waals surface area (Å²) >= 11 is 4.51. The number of hydrogen-bond acceptors (Lipinski definition) is 6. The van der Waals surface area contributed by atoms with E-state index in [9.17, 15) is 9.59 Å². The molecular formula is C24H22N4O2S3. The number of rotatable bonds is 7. The van der Waals surface area contributed by atoms with Crippen molar-refractivity contribution in [1.29, 1.82) is 0 Å². The molecule has 3 amide bonds. The average Bonchev–Trinajstić information content (AvgIpc) is 3.20. The van der Waals surface area contributed by atoms with Crippen LogP contribution < -0.4 is 16.0 Å². The van der Waals surface area contributed by atoms with E-state index in [-0.39, 0.29) is 17.7 Å². The monoisotopic (exact) mass is 494 g/mol. The fourth-order valence-electron chi connectivity index (χ4n) is 3.08. The Balaban J connectivity index is 1.34. The van der Waals surface area contributed by atoms with Gasteiger partial charge in [0, 0.05) is 22.0 Å². The van der Waals surface area contributed by atoms with Gasteiger partial charge in [-0.15, -0.1) is 23.1 Å². The van der Waals surface area contributed by atoms with Gasteiger partial charge in [0.25, 0.3) is 0 Å². The van der Waals surface area contributed by atoms with Crippen LogP contribution >= 0.6 is 34.9 Å². The number of aromatic nitrogens is 1. The van der Waals surface area contributed by atoms with Crippen molar-refractivity contribution in [2.75, 3.05) is 28.0 Å². The number of fused-ring (bicyclic) bond motifs is 1. The fourth-order valence-corrected chi connectivity index (χ4v) is 5.45. The molecule has 9 heteroatoms. The summed E-state index contributed by atoms with van der Waals surface area (Å²) in [5.74, 6) is 0.200. The molecule has 0 bridgehead atoms. The predicted octanol–water partition coefficient (Wildman–Crippen LogP) is 6.70. The number of nitrogens with zero attached hydrogens (tertiary/aromatic N) is 1. The number of nitrogens with one attached hydrogen (secondary N) is 3. The van der Waals surface area contributed by atoms with Crippen LogP contribution in [-0.4, -0.2) is 28.9 Å². The van der Waals surface area contributed by atoms with Crippen LogP contribution in [0.25, 0.3) is 10.2 Å². The first-order valence-electron chi connectivity index (χ1n) is 10.1. The third-order valence-corrected chi connectivity index (χ3v) is 7.47. The van der Waals surface area contributed by atoms with Gasteiger partial charge in [-0.05, 0) is 67.3 Å². The third-order valence-electron chi connectivity index (χ3n) is 4.58. The maximum atomic E-state index is 12.4. The van der Waals surface area contributed by atoms with Gasteiger partial charge < -0.3 is 16.0 Å². The minimum atomic E-state index is -0.306. The van der Waals surface area contributed by atoms with Gasteiger partial charge in [-0.1, -0.05) is 30.0 Å². The zero-order valence-electron chi connectivity index (χ0n) is 18.0. The van der Waals surface area contributed by atoms with Crippen LogP contribution in [-0.2, 0) is 4.79 Å². The van der Waals surface area contributed by atoms with Crippen molar-refractivity contribution in [3.8, 4) is 0 Å². The maximum Gasteiger partial charge on any atom is 0.323 e. The summed E-state index contributed by atoms with van der Waals surface area (Å²) < 4.78 is 1.75. The van der Waals surface area contributed by atoms with Crippen molar-refractivity contribution in [3.05, 3.63) is 72.3 Å². The SMILES string of the molecule is CSc1cccc(NC(=O)Nc2ccc3nc(SCC(=O)Nc4cccc(C)c4)sc3c2)c1. The Morgan fingerprint density at radius 1 is 0.909 bits per heavy atom. The molecule has 4 aromatic rings. The Kier molecular flexibility index (Phi) is 7.54. The molecule has 0 aliphatic carbocycles. The van der Waals surface area contributed by atoms with Crippen molar-refractivity contribution >= 4 is 74.1 Å². The van der Waals surface area contributed by atoms with E-state index in [4.69, 9.17) is 0 Å². The van der Waals surface area contributed by atoms with Crippen LogP contribution in [0.1, 0.15) is 5.56 Å². The zero-order valence-corrected chi connectivity index (χ0v) is 20.5. The molecule has 0 aliphatic rings. The van der Waals surface area contributed by atoms with E-state index in [2.05, 4.69) is 20.9 Å². The summed E-state index contributed by atoms with van der Waals surface area (Å²) in [6.45, 7) is 1.99. The molecule has 0 saturated heterocycles. The van der Waals surface area contributed by atoms with Crippen molar-refractivity contribution < 1.29 is 9.59 Å². The summed E-state index contributed by atoms with van der Waals surface area (Å²) in [5.41, 5.74) is 4.14. The number of benzene rings is 3. The summed E-state index contributed by atoms with van der Waals surface area (Å²) in [7, 11) is 0. The van der Waals surface area contributed by atoms with E-state index in [0.29, 0.717) is 5.69 Å². The topological polar surface area (TPSA) is 83.1 Å². The molecule has 0 spiro atoms. The van der Waals surface area contributed by atoms with Crippen LogP contribution in [0.2, 0.25) is 0 Å². The van der Waals surface area contributed by atoms with Crippen LogP contribution in [0.5, 0.6) is 0 Å². The average molecular weight is 495 g/mol. The fraction of sp³-hybridized carbons (Fsp3) is 0.125. The van der Waals surface area contributed by atoms with Gasteiger partial charge in [0.1, 0.15) is 0 Å². The van der Waals surface area contributed by atoms with Gasteiger partial charge in [-0.3, -0.25) is 4.79 Å². The lowest BCUT2D eigenvalue weighted by molar-refractivity contribution is -0.113. The molecule has 0 fully saturated rings. The number of urea groups is 1. The van der Waals surface area contributed by atoms with E-state index in [1.165, 1.54) is 23.1 Å². The minimum absolute atomic E-state index is 0.0746. The second kappa shape index (κ2) is 10.7. The Labute approximate surface area is 204 Å². The Morgan fingerprint density at radius 2 is 1.64 bits per heavy atom. The molecule has 0 unspecified atom stereocenters. The molecule has 4 rings (SSSR count). The highest BCUT2D eigenvalue weighted by atomic mass is 32.2. The van der Waals surface area contributed by atoms with Crippen molar-refractivity contribution in [3.63, 3.8) is 0 Å². The molecule has 3 aromatic carbocycles. The number of carbonyl (C=O) groups is 2. The zero-order chi connectivity index (χ0) is 23.2. The van der Waals surface area contributed by atoms with E-state index in [1.807, 2.05) is 79.9 Å². The second-order valence-electron chi connectivity index (χ2n) is 7.18. The second-order valence-corrected chi connectivity index (χ2v) is 10.3. The third kappa shape index (κ3) is 6.50. The molecule has 1 aromatic heterocycles. The number of carbonyl (C=O) groups excluding carboxylic acids is 2. The normalized spacial score (nSPS) is 10.7. The lowest BCUT2D eigenvalue weighted by Crippen LogP contribution is -2.19. The summed E-state index contributed by atoms with van der Waals surface area (Å²) in [6.07, 6.45) is 1.99. The molecule has 33 heavy (non-hydrogen) atoms. The lowest BCUT2D eigenvalue weighted by atomic mass is 10.2. The van der Waals surface area contributed by atoms with E-state index >= 15 is 0 Å². The van der Waals surface area contributed by atoms with Gasteiger partial charge in [0.15, 0.2) is 4.34 Å². The van der Waals surface area contributed by atoms with Gasteiger partial charge >= 0.3 is 6.03 Å². The van der Waals surface area contributed by atoms with Gasteiger partial charge in [0.2, 0.25) is 5.91 Å². The number of thioether (sulfide) groups is 2. The van der Waals surface area contributed by atoms with Crippen LogP contribution in [0.3, 0.4) is 0 Å². The Hall–Kier alpha value is -3.01. The molecule has 6 nitrogen and oxygen atoms in total. The summed E-state index contributed by atoms with van der Waals surface area (Å²) in [5, 5.41) is 8.62. The molecular weight excluding hydrogens is 472 g/mol. The molecule has 0 radical (unpaired) electrons. The quantitative estimate of drug-likeness (QED) is 0.249. The summed E-state index contributed by atoms with van der Waals surface area (Å²) in [4.78, 5) is 30.3. The Morgan fingerprint density at radius 3 is 2.39 bits per heavy atom. The van der Waals surface area contributed by atoms with Gasteiger partial charge in [0.05, 0.1) is 16.0 Å². The van der Waals surface area contributed by atoms with Crippen LogP contribution in [0.4, 0.5) is 21.9 Å². The van der Waals surface area contributed by atoms with Crippen molar-refractivity contribution in [1.82, 2.24) is 4.98 Å². The minimum Gasteiger partial charge on any atom is -0.325 e. The van der Waals surface area contributed by atoms with E-state index in [1.54, 1.807) is 11.8 Å².